The van der Waals surface area contributed by atoms with Crippen molar-refractivity contribution in [2.45, 2.75) is 117 Å². The average Bonchev–Trinajstić information content (AvgIpc) is 3.06. The molecular weight excluding hydrogens is 396 g/mol. The predicted molar refractivity (Wildman–Crippen MR) is 131 cm³/mol. The molecule has 0 radical (unpaired) electrons. The van der Waals surface area contributed by atoms with Crippen LogP contribution >= 0.6 is 0 Å². The zero-order valence-electron chi connectivity index (χ0n) is 21.4. The predicted octanol–water partition coefficient (Wildman–Crippen LogP) is 6.03. The van der Waals surface area contributed by atoms with E-state index in [1.54, 1.807) is 5.57 Å². The highest BCUT2D eigenvalue weighted by molar-refractivity contribution is 5.40. The molecule has 3 heteroatoms. The van der Waals surface area contributed by atoms with Gasteiger partial charge in [-0.3, -0.25) is 0 Å². The van der Waals surface area contributed by atoms with Gasteiger partial charge in [0.15, 0.2) is 0 Å². The van der Waals surface area contributed by atoms with Gasteiger partial charge < -0.3 is 15.3 Å². The van der Waals surface area contributed by atoms with Crippen molar-refractivity contribution >= 4 is 0 Å². The van der Waals surface area contributed by atoms with E-state index in [2.05, 4.69) is 39.8 Å². The van der Waals surface area contributed by atoms with Gasteiger partial charge in [0, 0.05) is 11.8 Å². The summed E-state index contributed by atoms with van der Waals surface area (Å²) < 4.78 is 0. The third-order valence-electron chi connectivity index (χ3n) is 10.8. The maximum absolute atomic E-state index is 11.1. The van der Waals surface area contributed by atoms with Crippen molar-refractivity contribution in [3.63, 3.8) is 0 Å². The summed E-state index contributed by atoms with van der Waals surface area (Å²) in [6.45, 7) is 13.5. The Morgan fingerprint density at radius 3 is 2.47 bits per heavy atom. The Kier molecular flexibility index (Phi) is 6.53. The number of allylic oxidation sites excluding steroid dienone is 3. The summed E-state index contributed by atoms with van der Waals surface area (Å²) in [5.74, 6) is 3.13. The first kappa shape index (κ1) is 24.5. The lowest BCUT2D eigenvalue weighted by Gasteiger charge is -2.56. The lowest BCUT2D eigenvalue weighted by atomic mass is 9.49. The monoisotopic (exact) mass is 444 g/mol. The smallest absolute Gasteiger partial charge is 0.0661 e. The Hall–Kier alpha value is -0.640. The van der Waals surface area contributed by atoms with Gasteiger partial charge in [-0.2, -0.15) is 0 Å². The maximum Gasteiger partial charge on any atom is 0.0661 e. The van der Waals surface area contributed by atoms with E-state index in [-0.39, 0.29) is 5.41 Å². The molecule has 0 amide bonds. The van der Waals surface area contributed by atoms with Gasteiger partial charge in [-0.15, -0.1) is 0 Å². The minimum atomic E-state index is -0.575. The first-order valence-corrected chi connectivity index (χ1v) is 13.4. The molecule has 4 rings (SSSR count). The van der Waals surface area contributed by atoms with E-state index in [9.17, 15) is 15.3 Å². The zero-order chi connectivity index (χ0) is 23.5. The van der Waals surface area contributed by atoms with Crippen molar-refractivity contribution in [1.82, 2.24) is 0 Å². The lowest BCUT2D eigenvalue weighted by Crippen LogP contribution is -2.52. The second-order valence-electron chi connectivity index (χ2n) is 13.0. The van der Waals surface area contributed by atoms with Crippen LogP contribution in [0.15, 0.2) is 23.3 Å². The molecule has 3 N–H and O–H groups in total. The summed E-state index contributed by atoms with van der Waals surface area (Å²) in [5.41, 5.74) is 2.42. The van der Waals surface area contributed by atoms with E-state index in [0.717, 1.165) is 31.6 Å². The molecule has 0 unspecified atom stereocenters. The average molecular weight is 445 g/mol. The van der Waals surface area contributed by atoms with Crippen molar-refractivity contribution in [1.29, 1.82) is 0 Å². The summed E-state index contributed by atoms with van der Waals surface area (Å²) in [6, 6.07) is 0. The second kappa shape index (κ2) is 8.54. The Balaban J connectivity index is 1.57. The minimum Gasteiger partial charge on any atom is -0.393 e. The van der Waals surface area contributed by atoms with Crippen LogP contribution in [-0.2, 0) is 0 Å². The molecule has 0 aromatic rings. The normalized spacial score (nSPS) is 43.5. The van der Waals surface area contributed by atoms with Crippen LogP contribution in [0.1, 0.15) is 99.3 Å². The third-order valence-corrected chi connectivity index (χ3v) is 10.8. The maximum atomic E-state index is 11.1. The molecule has 3 saturated carbocycles. The van der Waals surface area contributed by atoms with Crippen LogP contribution < -0.4 is 0 Å². The quantitative estimate of drug-likeness (QED) is 0.469. The fourth-order valence-corrected chi connectivity index (χ4v) is 8.66. The highest BCUT2D eigenvalue weighted by Gasteiger charge is 2.59. The van der Waals surface area contributed by atoms with Crippen molar-refractivity contribution in [2.75, 3.05) is 0 Å². The van der Waals surface area contributed by atoms with Crippen LogP contribution in [0, 0.1) is 40.4 Å². The first-order chi connectivity index (χ1) is 14.9. The van der Waals surface area contributed by atoms with Gasteiger partial charge in [-0.25, -0.2) is 0 Å². The SMILES string of the molecule is CC[C@H](CCC(C)(C)O)[C@H](C)[C@H]1CC[C@H]2C3=CC=C4C[C@@H](O)C[C@H](O)[C@]4(C)[C@H]3CC[C@]12C. The van der Waals surface area contributed by atoms with Crippen LogP contribution in [0.4, 0.5) is 0 Å². The largest absolute Gasteiger partial charge is 0.393 e. The molecule has 32 heavy (non-hydrogen) atoms. The molecule has 4 aliphatic carbocycles. The van der Waals surface area contributed by atoms with Gasteiger partial charge in [0.05, 0.1) is 17.8 Å². The number of rotatable bonds is 6. The minimum absolute atomic E-state index is 0.201. The van der Waals surface area contributed by atoms with Crippen molar-refractivity contribution < 1.29 is 15.3 Å². The highest BCUT2D eigenvalue weighted by atomic mass is 16.3. The lowest BCUT2D eigenvalue weighted by molar-refractivity contribution is -0.0557. The standard InChI is InChI=1S/C29H48O3/c1-7-19(12-14-27(3,4)32)18(2)23-10-11-24-22-9-8-20-16-21(30)17-26(31)29(20,6)25(22)13-15-28(23,24)5/h8-9,18-19,21,23-26,30-32H,7,10-17H2,1-6H3/t18-,19+,21+,23+,24-,25-,26-,28+,29-/m0/s1. The summed E-state index contributed by atoms with van der Waals surface area (Å²) >= 11 is 0. The molecule has 3 fully saturated rings. The molecule has 0 spiro atoms. The van der Waals surface area contributed by atoms with Gasteiger partial charge in [0.2, 0.25) is 0 Å². The zero-order valence-corrected chi connectivity index (χ0v) is 21.4. The fourth-order valence-electron chi connectivity index (χ4n) is 8.66. The third kappa shape index (κ3) is 3.95. The summed E-state index contributed by atoms with van der Waals surface area (Å²) in [4.78, 5) is 0. The van der Waals surface area contributed by atoms with Crippen LogP contribution in [-0.4, -0.2) is 33.1 Å². The number of aliphatic hydroxyl groups is 3. The molecule has 0 aliphatic heterocycles. The molecule has 4 aliphatic rings. The summed E-state index contributed by atoms with van der Waals surface area (Å²) in [7, 11) is 0. The molecule has 0 aromatic heterocycles. The van der Waals surface area contributed by atoms with Crippen molar-refractivity contribution in [2.24, 2.45) is 40.4 Å². The topological polar surface area (TPSA) is 60.7 Å². The Morgan fingerprint density at radius 1 is 1.09 bits per heavy atom. The van der Waals surface area contributed by atoms with E-state index in [0.29, 0.717) is 35.5 Å². The van der Waals surface area contributed by atoms with Gasteiger partial charge >= 0.3 is 0 Å². The molecule has 0 heterocycles. The summed E-state index contributed by atoms with van der Waals surface area (Å²) in [5, 5.41) is 31.6. The Bertz CT molecular complexity index is 761. The molecular formula is C29H48O3. The van der Waals surface area contributed by atoms with Gasteiger partial charge in [0.1, 0.15) is 0 Å². The van der Waals surface area contributed by atoms with E-state index in [1.165, 1.54) is 31.3 Å². The molecule has 3 nitrogen and oxygen atoms in total. The summed E-state index contributed by atoms with van der Waals surface area (Å²) in [6.07, 6.45) is 13.2. The molecule has 0 saturated heterocycles. The van der Waals surface area contributed by atoms with Crippen molar-refractivity contribution in [3.05, 3.63) is 23.3 Å². The number of hydrogen-bond acceptors (Lipinski definition) is 3. The van der Waals surface area contributed by atoms with Crippen LogP contribution in [0.25, 0.3) is 0 Å². The van der Waals surface area contributed by atoms with E-state index >= 15 is 0 Å². The number of hydrogen-bond donors (Lipinski definition) is 3. The number of aliphatic hydroxyl groups excluding tert-OH is 2. The van der Waals surface area contributed by atoms with Gasteiger partial charge in [-0.05, 0) is 93.8 Å². The van der Waals surface area contributed by atoms with E-state index < -0.39 is 17.8 Å². The fraction of sp³-hybridized carbons (Fsp3) is 0.862. The Morgan fingerprint density at radius 2 is 1.81 bits per heavy atom. The molecule has 182 valence electrons. The number of fused-ring (bicyclic) bond motifs is 5. The molecule has 0 aromatic carbocycles. The Labute approximate surface area is 196 Å². The first-order valence-electron chi connectivity index (χ1n) is 13.4. The van der Waals surface area contributed by atoms with Gasteiger partial charge in [-0.1, -0.05) is 57.4 Å². The van der Waals surface area contributed by atoms with Crippen LogP contribution in [0.5, 0.6) is 0 Å². The van der Waals surface area contributed by atoms with Crippen LogP contribution in [0.3, 0.4) is 0 Å². The van der Waals surface area contributed by atoms with Gasteiger partial charge in [0.25, 0.3) is 0 Å². The molecule has 9 atom stereocenters. The van der Waals surface area contributed by atoms with E-state index in [4.69, 9.17) is 0 Å². The molecule has 0 bridgehead atoms. The van der Waals surface area contributed by atoms with Crippen molar-refractivity contribution in [3.8, 4) is 0 Å². The highest BCUT2D eigenvalue weighted by Crippen LogP contribution is 2.66. The van der Waals surface area contributed by atoms with Crippen LogP contribution in [0.2, 0.25) is 0 Å². The van der Waals surface area contributed by atoms with E-state index in [1.807, 2.05) is 13.8 Å². The second-order valence-corrected chi connectivity index (χ2v) is 13.0.